The molecule has 5 rings (SSSR count). The largest absolute Gasteiger partial charge is 0.342 e. The van der Waals surface area contributed by atoms with Crippen LogP contribution in [0.15, 0.2) is 76.4 Å². The molecule has 1 aliphatic heterocycles. The van der Waals surface area contributed by atoms with E-state index >= 15 is 0 Å². The van der Waals surface area contributed by atoms with Crippen LogP contribution in [0.3, 0.4) is 0 Å². The molecule has 0 unspecified atom stereocenters. The highest BCUT2D eigenvalue weighted by Gasteiger charge is 2.26. The molecule has 1 aliphatic rings. The number of aromatic amines is 1. The van der Waals surface area contributed by atoms with Crippen LogP contribution in [-0.4, -0.2) is 43.0 Å². The Morgan fingerprint density at radius 2 is 1.70 bits per heavy atom. The normalized spacial score (nSPS) is 14.6. The number of likely N-dealkylation sites (tertiary alicyclic amines) is 1. The van der Waals surface area contributed by atoms with Crippen molar-refractivity contribution in [2.24, 2.45) is 0 Å². The van der Waals surface area contributed by atoms with Gasteiger partial charge >= 0.3 is 5.69 Å². The first kappa shape index (κ1) is 20.9. The molecule has 1 saturated heterocycles. The highest BCUT2D eigenvalue weighted by atomic mass is 16.2. The second-order valence-electron chi connectivity index (χ2n) is 8.43. The van der Waals surface area contributed by atoms with Gasteiger partial charge in [-0.2, -0.15) is 0 Å². The van der Waals surface area contributed by atoms with Crippen molar-refractivity contribution in [2.45, 2.75) is 31.8 Å². The van der Waals surface area contributed by atoms with Crippen molar-refractivity contribution in [1.29, 1.82) is 0 Å². The molecule has 0 bridgehead atoms. The lowest BCUT2D eigenvalue weighted by molar-refractivity contribution is -0.133. The van der Waals surface area contributed by atoms with Gasteiger partial charge in [-0.1, -0.05) is 42.5 Å². The highest BCUT2D eigenvalue weighted by Crippen LogP contribution is 2.27. The van der Waals surface area contributed by atoms with Crippen molar-refractivity contribution >= 4 is 16.9 Å². The van der Waals surface area contributed by atoms with E-state index in [1.54, 1.807) is 4.90 Å². The van der Waals surface area contributed by atoms with Crippen LogP contribution < -0.4 is 11.2 Å². The minimum Gasteiger partial charge on any atom is -0.342 e. The Labute approximate surface area is 190 Å². The van der Waals surface area contributed by atoms with E-state index in [2.05, 4.69) is 4.98 Å². The molecule has 8 nitrogen and oxygen atoms in total. The number of piperidine rings is 1. The zero-order valence-corrected chi connectivity index (χ0v) is 18.2. The van der Waals surface area contributed by atoms with Gasteiger partial charge in [-0.05, 0) is 30.5 Å². The molecule has 1 amide bonds. The quantitative estimate of drug-likeness (QED) is 0.512. The number of nitrogens with zero attached hydrogens (tertiary/aromatic N) is 4. The third-order valence-electron chi connectivity index (χ3n) is 6.27. The number of amides is 1. The SMILES string of the molecule is O=C(Cn1c(=O)ccn(Cc2ccccc2)c1=O)N1CCC(c2nc3ccccc3[nH]2)CC1. The third kappa shape index (κ3) is 4.37. The summed E-state index contributed by atoms with van der Waals surface area (Å²) in [4.78, 5) is 48.0. The van der Waals surface area contributed by atoms with Crippen molar-refractivity contribution in [3.05, 3.63) is 99.1 Å². The molecule has 0 atom stereocenters. The van der Waals surface area contributed by atoms with Gasteiger partial charge < -0.3 is 9.88 Å². The fraction of sp³-hybridized carbons (Fsp3) is 0.280. The van der Waals surface area contributed by atoms with Crippen LogP contribution in [0.4, 0.5) is 0 Å². The first-order chi connectivity index (χ1) is 16.1. The van der Waals surface area contributed by atoms with Crippen molar-refractivity contribution in [2.75, 3.05) is 13.1 Å². The number of para-hydroxylation sites is 2. The van der Waals surface area contributed by atoms with Crippen molar-refractivity contribution < 1.29 is 4.79 Å². The molecule has 2 aromatic heterocycles. The average molecular weight is 444 g/mol. The maximum atomic E-state index is 12.9. The zero-order chi connectivity index (χ0) is 22.8. The van der Waals surface area contributed by atoms with Crippen LogP contribution in [-0.2, 0) is 17.9 Å². The summed E-state index contributed by atoms with van der Waals surface area (Å²) in [7, 11) is 0. The van der Waals surface area contributed by atoms with Gasteiger partial charge in [0.15, 0.2) is 0 Å². The van der Waals surface area contributed by atoms with E-state index < -0.39 is 11.2 Å². The molecule has 3 heterocycles. The lowest BCUT2D eigenvalue weighted by Crippen LogP contribution is -2.46. The minimum absolute atomic E-state index is 0.213. The van der Waals surface area contributed by atoms with Gasteiger partial charge in [0.25, 0.3) is 5.56 Å². The van der Waals surface area contributed by atoms with Crippen LogP contribution in [0.25, 0.3) is 11.0 Å². The van der Waals surface area contributed by atoms with E-state index in [0.717, 1.165) is 39.8 Å². The maximum Gasteiger partial charge on any atom is 0.331 e. The van der Waals surface area contributed by atoms with Crippen molar-refractivity contribution in [1.82, 2.24) is 24.0 Å². The number of nitrogens with one attached hydrogen (secondary N) is 1. The van der Waals surface area contributed by atoms with Gasteiger partial charge in [0.1, 0.15) is 12.4 Å². The highest BCUT2D eigenvalue weighted by molar-refractivity contribution is 5.76. The maximum absolute atomic E-state index is 12.9. The summed E-state index contributed by atoms with van der Waals surface area (Å²) in [5.41, 5.74) is 1.97. The van der Waals surface area contributed by atoms with Crippen molar-refractivity contribution in [3.63, 3.8) is 0 Å². The summed E-state index contributed by atoms with van der Waals surface area (Å²) >= 11 is 0. The molecule has 2 aromatic carbocycles. The molecular formula is C25H25N5O3. The number of carbonyl (C=O) groups is 1. The predicted molar refractivity (Wildman–Crippen MR) is 125 cm³/mol. The molecular weight excluding hydrogens is 418 g/mol. The minimum atomic E-state index is -0.475. The third-order valence-corrected chi connectivity index (χ3v) is 6.27. The second-order valence-corrected chi connectivity index (χ2v) is 8.43. The van der Waals surface area contributed by atoms with E-state index in [4.69, 9.17) is 4.98 Å². The molecule has 0 spiro atoms. The van der Waals surface area contributed by atoms with Gasteiger partial charge in [0.2, 0.25) is 5.91 Å². The molecule has 168 valence electrons. The standard InChI is InChI=1S/C25H25N5O3/c31-22-12-15-29(16-18-6-2-1-3-7-18)25(33)30(22)17-23(32)28-13-10-19(11-14-28)24-26-20-8-4-5-9-21(20)27-24/h1-9,12,15,19H,10-11,13-14,16-17H2,(H,26,27). The number of carbonyl (C=O) groups excluding carboxylic acids is 1. The van der Waals surface area contributed by atoms with Gasteiger partial charge in [-0.25, -0.2) is 9.78 Å². The van der Waals surface area contributed by atoms with E-state index in [1.165, 1.54) is 16.8 Å². The van der Waals surface area contributed by atoms with E-state index in [0.29, 0.717) is 19.6 Å². The number of fused-ring (bicyclic) bond motifs is 1. The summed E-state index contributed by atoms with van der Waals surface area (Å²) in [6.45, 7) is 1.24. The molecule has 0 radical (unpaired) electrons. The van der Waals surface area contributed by atoms with Crippen LogP contribution in [0.5, 0.6) is 0 Å². The Hall–Kier alpha value is -3.94. The molecule has 0 aliphatic carbocycles. The smallest absolute Gasteiger partial charge is 0.331 e. The summed E-state index contributed by atoms with van der Waals surface area (Å²) in [5, 5.41) is 0. The number of rotatable bonds is 5. The van der Waals surface area contributed by atoms with E-state index in [-0.39, 0.29) is 18.4 Å². The lowest BCUT2D eigenvalue weighted by atomic mass is 9.96. The molecule has 1 N–H and O–H groups in total. The predicted octanol–water partition coefficient (Wildman–Crippen LogP) is 2.34. The second kappa shape index (κ2) is 8.90. The fourth-order valence-corrected chi connectivity index (χ4v) is 4.41. The molecule has 33 heavy (non-hydrogen) atoms. The average Bonchev–Trinajstić information content (AvgIpc) is 3.29. The van der Waals surface area contributed by atoms with Crippen LogP contribution in [0.1, 0.15) is 30.1 Å². The summed E-state index contributed by atoms with van der Waals surface area (Å²) in [6, 6.07) is 18.8. The van der Waals surface area contributed by atoms with E-state index in [9.17, 15) is 14.4 Å². The van der Waals surface area contributed by atoms with Crippen LogP contribution >= 0.6 is 0 Å². The Balaban J connectivity index is 1.26. The summed E-state index contributed by atoms with van der Waals surface area (Å²) in [5.74, 6) is 0.991. The number of aromatic nitrogens is 4. The number of H-pyrrole nitrogens is 1. The topological polar surface area (TPSA) is 93.0 Å². The van der Waals surface area contributed by atoms with Gasteiger partial charge in [-0.15, -0.1) is 0 Å². The van der Waals surface area contributed by atoms with Gasteiger partial charge in [0, 0.05) is 31.3 Å². The number of hydrogen-bond acceptors (Lipinski definition) is 4. The molecule has 8 heteroatoms. The Bertz CT molecular complexity index is 1360. The molecule has 4 aromatic rings. The monoisotopic (exact) mass is 443 g/mol. The number of benzene rings is 2. The van der Waals surface area contributed by atoms with E-state index in [1.807, 2.05) is 54.6 Å². The molecule has 0 saturated carbocycles. The number of imidazole rings is 1. The fourth-order valence-electron chi connectivity index (χ4n) is 4.41. The summed E-state index contributed by atoms with van der Waals surface area (Å²) in [6.07, 6.45) is 3.05. The van der Waals surface area contributed by atoms with Gasteiger partial charge in [0.05, 0.1) is 17.6 Å². The first-order valence-electron chi connectivity index (χ1n) is 11.1. The Morgan fingerprint density at radius 1 is 0.970 bits per heavy atom. The van der Waals surface area contributed by atoms with Crippen LogP contribution in [0.2, 0.25) is 0 Å². The Morgan fingerprint density at radius 3 is 2.45 bits per heavy atom. The first-order valence-corrected chi connectivity index (χ1v) is 11.1. The van der Waals surface area contributed by atoms with Gasteiger partial charge in [-0.3, -0.25) is 18.7 Å². The van der Waals surface area contributed by atoms with Crippen molar-refractivity contribution in [3.8, 4) is 0 Å². The Kier molecular flexibility index (Phi) is 5.64. The van der Waals surface area contributed by atoms with Crippen LogP contribution in [0, 0.1) is 0 Å². The number of hydrogen-bond donors (Lipinski definition) is 1. The molecule has 1 fully saturated rings. The lowest BCUT2D eigenvalue weighted by Gasteiger charge is -2.31. The summed E-state index contributed by atoms with van der Waals surface area (Å²) < 4.78 is 2.48. The zero-order valence-electron chi connectivity index (χ0n) is 18.2.